The Kier molecular flexibility index (Phi) is 5.69. The number of ether oxygens (including phenoxy) is 1. The van der Waals surface area contributed by atoms with E-state index >= 15 is 0 Å². The predicted octanol–water partition coefficient (Wildman–Crippen LogP) is 3.48. The van der Waals surface area contributed by atoms with Crippen LogP contribution in [0.15, 0.2) is 65.6 Å². The summed E-state index contributed by atoms with van der Waals surface area (Å²) in [7, 11) is -4.05. The average Bonchev–Trinajstić information content (AvgIpc) is 2.64. The van der Waals surface area contributed by atoms with Crippen molar-refractivity contribution in [2.24, 2.45) is 0 Å². The minimum atomic E-state index is -4.05. The maximum absolute atomic E-state index is 13.1. The zero-order chi connectivity index (χ0) is 19.3. The lowest BCUT2D eigenvalue weighted by atomic mass is 10.1. The van der Waals surface area contributed by atoms with E-state index in [9.17, 15) is 17.2 Å². The summed E-state index contributed by atoms with van der Waals surface area (Å²) in [5, 5.41) is 1.99. The van der Waals surface area contributed by atoms with E-state index in [-0.39, 0.29) is 13.2 Å². The van der Waals surface area contributed by atoms with Crippen molar-refractivity contribution in [1.82, 2.24) is 4.72 Å². The van der Waals surface area contributed by atoms with Crippen molar-refractivity contribution < 1.29 is 21.9 Å². The molecule has 1 N–H and O–H groups in total. The van der Waals surface area contributed by atoms with Crippen LogP contribution >= 0.6 is 0 Å². The van der Waals surface area contributed by atoms with Gasteiger partial charge in [-0.25, -0.2) is 17.2 Å². The molecule has 0 amide bonds. The van der Waals surface area contributed by atoms with Crippen molar-refractivity contribution in [3.63, 3.8) is 0 Å². The fourth-order valence-corrected chi connectivity index (χ4v) is 3.41. The van der Waals surface area contributed by atoms with Crippen LogP contribution in [0, 0.1) is 23.5 Å². The molecule has 0 unspecified atom stereocenters. The zero-order valence-corrected chi connectivity index (χ0v) is 14.9. The number of halogens is 2. The average molecular weight is 387 g/mol. The van der Waals surface area contributed by atoms with Crippen LogP contribution in [-0.2, 0) is 10.0 Å². The smallest absolute Gasteiger partial charge is 0.241 e. The number of sulfonamides is 1. The molecule has 0 saturated carbocycles. The van der Waals surface area contributed by atoms with Crippen molar-refractivity contribution in [3.05, 3.63) is 72.3 Å². The number of benzene rings is 3. The fraction of sp³-hybridized carbons (Fsp3) is 0.100. The first kappa shape index (κ1) is 18.8. The molecule has 0 radical (unpaired) electrons. The third kappa shape index (κ3) is 4.82. The summed E-state index contributed by atoms with van der Waals surface area (Å²) in [5.41, 5.74) is 0. The summed E-state index contributed by atoms with van der Waals surface area (Å²) in [6.07, 6.45) is 0. The molecule has 3 aromatic rings. The lowest BCUT2D eigenvalue weighted by Crippen LogP contribution is -2.24. The van der Waals surface area contributed by atoms with Crippen LogP contribution < -0.4 is 9.46 Å². The minimum Gasteiger partial charge on any atom is -0.480 e. The van der Waals surface area contributed by atoms with E-state index in [1.54, 1.807) is 0 Å². The second-order valence-corrected chi connectivity index (χ2v) is 7.32. The van der Waals surface area contributed by atoms with Gasteiger partial charge < -0.3 is 4.74 Å². The second kappa shape index (κ2) is 8.16. The summed E-state index contributed by atoms with van der Waals surface area (Å²) in [4.78, 5) is -0.492. The van der Waals surface area contributed by atoms with Gasteiger partial charge >= 0.3 is 0 Å². The van der Waals surface area contributed by atoms with Gasteiger partial charge in [-0.05, 0) is 23.6 Å². The largest absolute Gasteiger partial charge is 0.480 e. The monoisotopic (exact) mass is 387 g/mol. The van der Waals surface area contributed by atoms with Gasteiger partial charge in [0.1, 0.15) is 24.0 Å². The molecule has 0 saturated heterocycles. The molecule has 138 valence electrons. The quantitative estimate of drug-likeness (QED) is 0.682. The summed E-state index contributed by atoms with van der Waals surface area (Å²) >= 11 is 0. The van der Waals surface area contributed by atoms with Gasteiger partial charge in [-0.2, -0.15) is 4.72 Å². The Bertz CT molecular complexity index is 1110. The number of nitrogens with one attached hydrogen (secondary N) is 1. The molecule has 3 aromatic carbocycles. The highest BCUT2D eigenvalue weighted by Crippen LogP contribution is 2.24. The lowest BCUT2D eigenvalue weighted by molar-refractivity contribution is 0.374. The summed E-state index contributed by atoms with van der Waals surface area (Å²) in [6, 6.07) is 15.5. The predicted molar refractivity (Wildman–Crippen MR) is 98.8 cm³/mol. The Balaban J connectivity index is 1.58. The Morgan fingerprint density at radius 3 is 2.41 bits per heavy atom. The molecule has 27 heavy (non-hydrogen) atoms. The number of fused-ring (bicyclic) bond motifs is 1. The molecule has 0 atom stereocenters. The van der Waals surface area contributed by atoms with Crippen LogP contribution in [-0.4, -0.2) is 21.6 Å². The van der Waals surface area contributed by atoms with Gasteiger partial charge in [0.25, 0.3) is 0 Å². The Morgan fingerprint density at radius 2 is 1.63 bits per heavy atom. The molecule has 0 aliphatic rings. The third-order valence-electron chi connectivity index (χ3n) is 3.67. The van der Waals surface area contributed by atoms with Gasteiger partial charge in [0, 0.05) is 11.5 Å². The first-order chi connectivity index (χ1) is 13.0. The van der Waals surface area contributed by atoms with Gasteiger partial charge in [-0.15, -0.1) is 0 Å². The number of hydrogen-bond donors (Lipinski definition) is 1. The van der Waals surface area contributed by atoms with Crippen LogP contribution in [0.4, 0.5) is 8.78 Å². The molecule has 0 fully saturated rings. The molecule has 0 aliphatic heterocycles. The van der Waals surface area contributed by atoms with Gasteiger partial charge in [0.15, 0.2) is 0 Å². The van der Waals surface area contributed by atoms with Crippen molar-refractivity contribution in [1.29, 1.82) is 0 Å². The topological polar surface area (TPSA) is 55.4 Å². The van der Waals surface area contributed by atoms with E-state index in [1.165, 1.54) is 0 Å². The van der Waals surface area contributed by atoms with E-state index in [2.05, 4.69) is 16.6 Å². The van der Waals surface area contributed by atoms with Crippen LogP contribution in [0.2, 0.25) is 0 Å². The third-order valence-corrected chi connectivity index (χ3v) is 5.05. The van der Waals surface area contributed by atoms with E-state index in [0.29, 0.717) is 11.8 Å². The highest BCUT2D eigenvalue weighted by Gasteiger charge is 2.15. The Hall–Kier alpha value is -2.95. The summed E-state index contributed by atoms with van der Waals surface area (Å²) in [6.45, 7) is -0.135. The normalized spacial score (nSPS) is 11.0. The Morgan fingerprint density at radius 1 is 0.926 bits per heavy atom. The molecule has 0 spiro atoms. The molecule has 4 nitrogen and oxygen atoms in total. The van der Waals surface area contributed by atoms with Crippen LogP contribution in [0.5, 0.6) is 5.75 Å². The highest BCUT2D eigenvalue weighted by atomic mass is 32.2. The van der Waals surface area contributed by atoms with Crippen LogP contribution in [0.3, 0.4) is 0 Å². The number of rotatable bonds is 5. The van der Waals surface area contributed by atoms with Gasteiger partial charge in [-0.3, -0.25) is 0 Å². The molecule has 7 heteroatoms. The first-order valence-electron chi connectivity index (χ1n) is 7.98. The van der Waals surface area contributed by atoms with Crippen molar-refractivity contribution >= 4 is 20.8 Å². The lowest BCUT2D eigenvalue weighted by Gasteiger charge is -2.06. The fourth-order valence-electron chi connectivity index (χ4n) is 2.45. The first-order valence-corrected chi connectivity index (χ1v) is 9.46. The number of hydrogen-bond acceptors (Lipinski definition) is 3. The molecule has 0 bridgehead atoms. The maximum Gasteiger partial charge on any atom is 0.241 e. The zero-order valence-electron chi connectivity index (χ0n) is 14.1. The van der Waals surface area contributed by atoms with Crippen molar-refractivity contribution in [3.8, 4) is 17.6 Å². The second-order valence-electron chi connectivity index (χ2n) is 5.55. The standard InChI is InChI=1S/C20H15F2NO3S/c21-16-12-17(22)14-18(13-16)27(24,25)23-10-3-4-11-26-20-9-5-7-15-6-1-2-8-19(15)20/h1-2,5-9,12-14,23H,10-11H2. The molecular weight excluding hydrogens is 372 g/mol. The molecule has 3 rings (SSSR count). The Labute approximate surface area is 155 Å². The highest BCUT2D eigenvalue weighted by molar-refractivity contribution is 7.89. The van der Waals surface area contributed by atoms with E-state index in [0.717, 1.165) is 22.9 Å². The summed E-state index contributed by atoms with van der Waals surface area (Å²) in [5.74, 6) is 4.05. The van der Waals surface area contributed by atoms with Crippen molar-refractivity contribution in [2.75, 3.05) is 13.2 Å². The van der Waals surface area contributed by atoms with Crippen molar-refractivity contribution in [2.45, 2.75) is 4.90 Å². The van der Waals surface area contributed by atoms with E-state index in [1.807, 2.05) is 42.5 Å². The van der Waals surface area contributed by atoms with Gasteiger partial charge in [0.2, 0.25) is 10.0 Å². The van der Waals surface area contributed by atoms with E-state index in [4.69, 9.17) is 4.74 Å². The van der Waals surface area contributed by atoms with Gasteiger partial charge in [0.05, 0.1) is 11.4 Å². The molecular formula is C20H15F2NO3S. The van der Waals surface area contributed by atoms with Crippen LogP contribution in [0.1, 0.15) is 0 Å². The summed E-state index contributed by atoms with van der Waals surface area (Å²) < 4.78 is 58.1. The van der Waals surface area contributed by atoms with E-state index < -0.39 is 26.6 Å². The molecule has 0 aliphatic carbocycles. The van der Waals surface area contributed by atoms with Gasteiger partial charge in [-0.1, -0.05) is 48.2 Å². The SMILES string of the molecule is O=S(=O)(NCC#CCOc1cccc2ccccc12)c1cc(F)cc(F)c1. The van der Waals surface area contributed by atoms with Crippen LogP contribution in [0.25, 0.3) is 10.8 Å². The molecule has 0 aromatic heterocycles. The minimum absolute atomic E-state index is 0.0737. The molecule has 0 heterocycles. The maximum atomic E-state index is 13.1.